The maximum atomic E-state index is 4.93. The number of hydrogen-bond acceptors (Lipinski definition) is 3. The summed E-state index contributed by atoms with van der Waals surface area (Å²) in [7, 11) is 1.70. The van der Waals surface area contributed by atoms with Crippen molar-refractivity contribution in [2.45, 2.75) is 13.0 Å². The number of ether oxygens (including phenoxy) is 1. The largest absolute Gasteiger partial charge is 0.385 e. The third-order valence-corrected chi connectivity index (χ3v) is 1.58. The molecule has 0 spiro atoms. The zero-order valence-electron chi connectivity index (χ0n) is 7.23. The molecular weight excluding hydrogens is 154 g/mol. The quantitative estimate of drug-likeness (QED) is 0.613. The summed E-state index contributed by atoms with van der Waals surface area (Å²) < 4.78 is 6.88. The molecule has 0 unspecified atom stereocenters. The third-order valence-electron chi connectivity index (χ3n) is 1.58. The van der Waals surface area contributed by atoms with Crippen molar-refractivity contribution in [3.05, 3.63) is 18.7 Å². The normalized spacial score (nSPS) is 10.1. The number of rotatable bonds is 5. The average Bonchev–Trinajstić information content (AvgIpc) is 2.52. The van der Waals surface area contributed by atoms with Gasteiger partial charge in [-0.1, -0.05) is 6.58 Å². The van der Waals surface area contributed by atoms with Crippen molar-refractivity contribution in [2.24, 2.45) is 0 Å². The molecule has 4 nitrogen and oxygen atoms in total. The van der Waals surface area contributed by atoms with Crippen LogP contribution < -0.4 is 0 Å². The molecule has 0 radical (unpaired) electrons. The van der Waals surface area contributed by atoms with Crippen LogP contribution in [-0.4, -0.2) is 28.5 Å². The Kier molecular flexibility index (Phi) is 3.47. The highest BCUT2D eigenvalue weighted by Crippen LogP contribution is 1.98. The van der Waals surface area contributed by atoms with E-state index in [1.54, 1.807) is 19.5 Å². The van der Waals surface area contributed by atoms with Crippen molar-refractivity contribution in [3.8, 4) is 0 Å². The van der Waals surface area contributed by atoms with Gasteiger partial charge in [-0.05, 0) is 12.5 Å². The third kappa shape index (κ3) is 2.17. The van der Waals surface area contributed by atoms with Crippen LogP contribution in [0.2, 0.25) is 0 Å². The minimum absolute atomic E-state index is 0.759. The van der Waals surface area contributed by atoms with E-state index in [2.05, 4.69) is 16.8 Å². The fourth-order valence-corrected chi connectivity index (χ4v) is 0.973. The Morgan fingerprint density at radius 2 is 2.58 bits per heavy atom. The van der Waals surface area contributed by atoms with E-state index in [9.17, 15) is 0 Å². The number of methoxy groups -OCH3 is 1. The number of hydrogen-bond donors (Lipinski definition) is 0. The second-order valence-electron chi connectivity index (χ2n) is 2.43. The first-order chi connectivity index (χ1) is 5.88. The molecule has 0 atom stereocenters. The second kappa shape index (κ2) is 4.66. The summed E-state index contributed by atoms with van der Waals surface area (Å²) in [4.78, 5) is 0. The Bertz CT molecular complexity index is 244. The molecule has 1 heterocycles. The van der Waals surface area contributed by atoms with Gasteiger partial charge in [-0.15, -0.1) is 10.2 Å². The zero-order valence-corrected chi connectivity index (χ0v) is 7.23. The van der Waals surface area contributed by atoms with E-state index in [1.165, 1.54) is 0 Å². The van der Waals surface area contributed by atoms with Crippen molar-refractivity contribution in [1.29, 1.82) is 0 Å². The van der Waals surface area contributed by atoms with E-state index < -0.39 is 0 Å². The molecular formula is C8H13N3O. The number of aryl methyl sites for hydroxylation is 1. The van der Waals surface area contributed by atoms with E-state index in [1.807, 2.05) is 4.57 Å². The first-order valence-electron chi connectivity index (χ1n) is 3.87. The van der Waals surface area contributed by atoms with Crippen LogP contribution in [0.1, 0.15) is 12.2 Å². The van der Waals surface area contributed by atoms with Crippen molar-refractivity contribution in [2.75, 3.05) is 13.7 Å². The van der Waals surface area contributed by atoms with Crippen LogP contribution in [0, 0.1) is 0 Å². The molecule has 4 heteroatoms. The van der Waals surface area contributed by atoms with Gasteiger partial charge in [-0.25, -0.2) is 0 Å². The summed E-state index contributed by atoms with van der Waals surface area (Å²) in [6, 6.07) is 0. The van der Waals surface area contributed by atoms with Gasteiger partial charge in [0.15, 0.2) is 5.82 Å². The predicted octanol–water partition coefficient (Wildman–Crippen LogP) is 0.958. The highest BCUT2D eigenvalue weighted by Gasteiger charge is 1.97. The molecule has 0 aliphatic carbocycles. The molecule has 0 bridgehead atoms. The lowest BCUT2D eigenvalue weighted by Gasteiger charge is -2.01. The van der Waals surface area contributed by atoms with Crippen LogP contribution in [0.15, 0.2) is 12.9 Å². The van der Waals surface area contributed by atoms with Crippen molar-refractivity contribution in [1.82, 2.24) is 14.8 Å². The smallest absolute Gasteiger partial charge is 0.155 e. The molecule has 0 amide bonds. The molecule has 1 rings (SSSR count). The van der Waals surface area contributed by atoms with Crippen LogP contribution in [0.4, 0.5) is 0 Å². The highest BCUT2D eigenvalue weighted by molar-refractivity contribution is 5.35. The fraction of sp³-hybridized carbons (Fsp3) is 0.500. The Morgan fingerprint density at radius 3 is 3.25 bits per heavy atom. The van der Waals surface area contributed by atoms with Crippen LogP contribution in [-0.2, 0) is 11.3 Å². The first-order valence-corrected chi connectivity index (χ1v) is 3.87. The van der Waals surface area contributed by atoms with Gasteiger partial charge in [0, 0.05) is 20.3 Å². The standard InChI is InChI=1S/C8H13N3O/c1-3-8-10-9-7-11(8)5-4-6-12-2/h3,7H,1,4-6H2,2H3. The van der Waals surface area contributed by atoms with Gasteiger partial charge in [0.25, 0.3) is 0 Å². The lowest BCUT2D eigenvalue weighted by atomic mass is 10.4. The first kappa shape index (κ1) is 8.93. The Hall–Kier alpha value is -1.16. The molecule has 0 N–H and O–H groups in total. The summed E-state index contributed by atoms with van der Waals surface area (Å²) in [6.45, 7) is 5.27. The average molecular weight is 167 g/mol. The predicted molar refractivity (Wildman–Crippen MR) is 46.6 cm³/mol. The molecule has 0 saturated heterocycles. The number of nitrogens with zero attached hydrogens (tertiary/aromatic N) is 3. The summed E-state index contributed by atoms with van der Waals surface area (Å²) in [5.74, 6) is 0.811. The topological polar surface area (TPSA) is 39.9 Å². The van der Waals surface area contributed by atoms with E-state index in [-0.39, 0.29) is 0 Å². The molecule has 66 valence electrons. The summed E-state index contributed by atoms with van der Waals surface area (Å²) in [5.41, 5.74) is 0. The Labute approximate surface area is 71.9 Å². The Morgan fingerprint density at radius 1 is 1.75 bits per heavy atom. The van der Waals surface area contributed by atoms with Gasteiger partial charge >= 0.3 is 0 Å². The lowest BCUT2D eigenvalue weighted by molar-refractivity contribution is 0.190. The molecule has 0 aliphatic rings. The van der Waals surface area contributed by atoms with Gasteiger partial charge in [0.2, 0.25) is 0 Å². The zero-order chi connectivity index (χ0) is 8.81. The summed E-state index contributed by atoms with van der Waals surface area (Å²) in [5, 5.41) is 7.64. The molecule has 1 aromatic heterocycles. The van der Waals surface area contributed by atoms with Crippen LogP contribution in [0.3, 0.4) is 0 Å². The molecule has 0 aliphatic heterocycles. The maximum absolute atomic E-state index is 4.93. The maximum Gasteiger partial charge on any atom is 0.155 e. The fourth-order valence-electron chi connectivity index (χ4n) is 0.973. The number of aromatic nitrogens is 3. The van der Waals surface area contributed by atoms with Gasteiger partial charge in [-0.3, -0.25) is 0 Å². The SMILES string of the molecule is C=Cc1nncn1CCCOC. The minimum Gasteiger partial charge on any atom is -0.385 e. The molecule has 0 aromatic carbocycles. The molecule has 12 heavy (non-hydrogen) atoms. The van der Waals surface area contributed by atoms with Gasteiger partial charge in [0.1, 0.15) is 6.33 Å². The summed E-state index contributed by atoms with van der Waals surface area (Å²) >= 11 is 0. The van der Waals surface area contributed by atoms with Crippen molar-refractivity contribution < 1.29 is 4.74 Å². The van der Waals surface area contributed by atoms with E-state index in [0.717, 1.165) is 25.4 Å². The lowest BCUT2D eigenvalue weighted by Crippen LogP contribution is -2.02. The van der Waals surface area contributed by atoms with Crippen molar-refractivity contribution >= 4 is 6.08 Å². The van der Waals surface area contributed by atoms with E-state index in [0.29, 0.717) is 0 Å². The van der Waals surface area contributed by atoms with Crippen LogP contribution in [0.5, 0.6) is 0 Å². The van der Waals surface area contributed by atoms with Gasteiger partial charge < -0.3 is 9.30 Å². The molecule has 0 fully saturated rings. The molecule has 0 saturated carbocycles. The van der Waals surface area contributed by atoms with Crippen LogP contribution >= 0.6 is 0 Å². The van der Waals surface area contributed by atoms with Crippen molar-refractivity contribution in [3.63, 3.8) is 0 Å². The monoisotopic (exact) mass is 167 g/mol. The molecule has 1 aromatic rings. The van der Waals surface area contributed by atoms with E-state index in [4.69, 9.17) is 4.74 Å². The second-order valence-corrected chi connectivity index (χ2v) is 2.43. The van der Waals surface area contributed by atoms with Gasteiger partial charge in [0.05, 0.1) is 0 Å². The highest BCUT2D eigenvalue weighted by atomic mass is 16.5. The Balaban J connectivity index is 2.45. The summed E-state index contributed by atoms with van der Waals surface area (Å²) in [6.07, 6.45) is 4.36. The van der Waals surface area contributed by atoms with Crippen LogP contribution in [0.25, 0.3) is 6.08 Å². The van der Waals surface area contributed by atoms with Gasteiger partial charge in [-0.2, -0.15) is 0 Å². The minimum atomic E-state index is 0.759. The van der Waals surface area contributed by atoms with E-state index >= 15 is 0 Å².